The second kappa shape index (κ2) is 12.5. The van der Waals surface area contributed by atoms with Gasteiger partial charge in [-0.25, -0.2) is 4.99 Å². The molecule has 2 aromatic rings. The van der Waals surface area contributed by atoms with Gasteiger partial charge in [-0.15, -0.1) is 24.0 Å². The second-order valence-electron chi connectivity index (χ2n) is 7.00. The third kappa shape index (κ3) is 6.75. The number of rotatable bonds is 7. The summed E-state index contributed by atoms with van der Waals surface area (Å²) in [6.45, 7) is 3.06. The van der Waals surface area contributed by atoms with E-state index in [2.05, 4.69) is 24.8 Å². The number of phenolic OH excluding ortho intramolecular Hbond substituents is 1. The van der Waals surface area contributed by atoms with Gasteiger partial charge in [0.25, 0.3) is 0 Å². The van der Waals surface area contributed by atoms with Crippen LogP contribution in [-0.4, -0.2) is 62.4 Å². The summed E-state index contributed by atoms with van der Waals surface area (Å²) >= 11 is 0. The molecule has 7 nitrogen and oxygen atoms in total. The zero-order valence-electron chi connectivity index (χ0n) is 18.1. The molecule has 3 rings (SSSR count). The summed E-state index contributed by atoms with van der Waals surface area (Å²) in [7, 11) is 1.41. The molecule has 0 amide bonds. The lowest BCUT2D eigenvalue weighted by molar-refractivity contribution is -0.0512. The van der Waals surface area contributed by atoms with Gasteiger partial charge in [0.05, 0.1) is 19.3 Å². The normalized spacial score (nSPS) is 14.2. The molecule has 10 heteroatoms. The molecule has 1 heterocycles. The Labute approximate surface area is 204 Å². The van der Waals surface area contributed by atoms with Crippen LogP contribution in [0.2, 0.25) is 0 Å². The first-order valence-electron chi connectivity index (χ1n) is 10.2. The van der Waals surface area contributed by atoms with Crippen LogP contribution in [0.1, 0.15) is 12.5 Å². The quantitative estimate of drug-likeness (QED) is 0.303. The van der Waals surface area contributed by atoms with Gasteiger partial charge in [-0.1, -0.05) is 18.2 Å². The zero-order valence-corrected chi connectivity index (χ0v) is 20.5. The highest BCUT2D eigenvalue weighted by molar-refractivity contribution is 14.0. The number of nitrogens with one attached hydrogen (secondary N) is 1. The Morgan fingerprint density at radius 2 is 1.84 bits per heavy atom. The summed E-state index contributed by atoms with van der Waals surface area (Å²) in [5.41, 5.74) is 1.56. The number of alkyl halides is 2. The van der Waals surface area contributed by atoms with Gasteiger partial charge in [-0.3, -0.25) is 0 Å². The minimum Gasteiger partial charge on any atom is -0.506 e. The molecule has 0 aromatic heterocycles. The van der Waals surface area contributed by atoms with E-state index in [1.165, 1.54) is 13.2 Å². The number of ether oxygens (including phenoxy) is 2. The number of halogens is 3. The standard InChI is InChI=1S/C22H28F2N4O3.HI/c1-3-25-22(26-15-16-8-9-19(30-2)20(14-16)31-21(23)24)28-12-10-27(11-13-28)17-6-4-5-7-18(17)29;/h4-9,14,21,29H,3,10-13,15H2,1-2H3,(H,25,26);1H. The summed E-state index contributed by atoms with van der Waals surface area (Å²) in [5, 5.41) is 13.4. The molecule has 0 spiro atoms. The smallest absolute Gasteiger partial charge is 0.387 e. The third-order valence-corrected chi connectivity index (χ3v) is 4.99. The van der Waals surface area contributed by atoms with E-state index in [4.69, 9.17) is 4.74 Å². The van der Waals surface area contributed by atoms with Crippen LogP contribution in [0.3, 0.4) is 0 Å². The molecule has 1 aliphatic heterocycles. The number of benzene rings is 2. The van der Waals surface area contributed by atoms with Gasteiger partial charge in [0.15, 0.2) is 17.5 Å². The number of aromatic hydroxyl groups is 1. The Kier molecular flexibility index (Phi) is 10.1. The van der Waals surface area contributed by atoms with Gasteiger partial charge in [0, 0.05) is 32.7 Å². The fourth-order valence-electron chi connectivity index (χ4n) is 3.49. The zero-order chi connectivity index (χ0) is 22.2. The molecule has 32 heavy (non-hydrogen) atoms. The topological polar surface area (TPSA) is 69.6 Å². The van der Waals surface area contributed by atoms with Crippen molar-refractivity contribution in [3.8, 4) is 17.2 Å². The molecule has 176 valence electrons. The highest BCUT2D eigenvalue weighted by Crippen LogP contribution is 2.30. The predicted molar refractivity (Wildman–Crippen MR) is 132 cm³/mol. The molecule has 1 fully saturated rings. The number of methoxy groups -OCH3 is 1. The number of aliphatic imine (C=N–C) groups is 1. The third-order valence-electron chi connectivity index (χ3n) is 4.99. The van der Waals surface area contributed by atoms with Gasteiger partial charge >= 0.3 is 6.61 Å². The number of para-hydroxylation sites is 2. The molecule has 0 saturated carbocycles. The van der Waals surface area contributed by atoms with Crippen LogP contribution >= 0.6 is 24.0 Å². The molecular formula is C22H29F2IN4O3. The Hall–Kier alpha value is -2.50. The maximum atomic E-state index is 12.7. The van der Waals surface area contributed by atoms with Crippen LogP contribution in [0.25, 0.3) is 0 Å². The van der Waals surface area contributed by atoms with E-state index in [1.807, 2.05) is 25.1 Å². The van der Waals surface area contributed by atoms with Crippen molar-refractivity contribution in [3.05, 3.63) is 48.0 Å². The van der Waals surface area contributed by atoms with Crippen molar-refractivity contribution in [2.75, 3.05) is 44.7 Å². The van der Waals surface area contributed by atoms with E-state index in [9.17, 15) is 13.9 Å². The first kappa shape index (κ1) is 25.8. The minimum atomic E-state index is -2.93. The number of piperazine rings is 1. The number of phenols is 1. The number of guanidine groups is 1. The van der Waals surface area contributed by atoms with Gasteiger partial charge in [-0.05, 0) is 36.8 Å². The van der Waals surface area contributed by atoms with Crippen LogP contribution in [0, 0.1) is 0 Å². The summed E-state index contributed by atoms with van der Waals surface area (Å²) in [6, 6.07) is 12.2. The van der Waals surface area contributed by atoms with Crippen molar-refractivity contribution >= 4 is 35.6 Å². The minimum absolute atomic E-state index is 0. The van der Waals surface area contributed by atoms with Crippen LogP contribution in [-0.2, 0) is 6.54 Å². The van der Waals surface area contributed by atoms with Crippen molar-refractivity contribution in [2.45, 2.75) is 20.1 Å². The number of nitrogens with zero attached hydrogens (tertiary/aromatic N) is 3. The molecule has 2 N–H and O–H groups in total. The first-order chi connectivity index (χ1) is 15.0. The lowest BCUT2D eigenvalue weighted by Crippen LogP contribution is -2.52. The van der Waals surface area contributed by atoms with Crippen LogP contribution < -0.4 is 19.7 Å². The van der Waals surface area contributed by atoms with Crippen molar-refractivity contribution in [3.63, 3.8) is 0 Å². The molecular weight excluding hydrogens is 533 g/mol. The van der Waals surface area contributed by atoms with Crippen LogP contribution in [0.4, 0.5) is 14.5 Å². The van der Waals surface area contributed by atoms with Crippen LogP contribution in [0.15, 0.2) is 47.5 Å². The lowest BCUT2D eigenvalue weighted by Gasteiger charge is -2.37. The molecule has 0 unspecified atom stereocenters. The van der Waals surface area contributed by atoms with Crippen molar-refractivity contribution < 1.29 is 23.4 Å². The number of hydrogen-bond donors (Lipinski definition) is 2. The van der Waals surface area contributed by atoms with Crippen molar-refractivity contribution in [1.82, 2.24) is 10.2 Å². The SMILES string of the molecule is CCNC(=NCc1ccc(OC)c(OC(F)F)c1)N1CCN(c2ccccc2O)CC1.I. The fraction of sp³-hybridized carbons (Fsp3) is 0.409. The summed E-state index contributed by atoms with van der Waals surface area (Å²) in [6.07, 6.45) is 0. The molecule has 1 saturated heterocycles. The second-order valence-corrected chi connectivity index (χ2v) is 7.00. The van der Waals surface area contributed by atoms with Gasteiger partial charge in [-0.2, -0.15) is 8.78 Å². The van der Waals surface area contributed by atoms with Crippen molar-refractivity contribution in [1.29, 1.82) is 0 Å². The Morgan fingerprint density at radius 3 is 2.47 bits per heavy atom. The Bertz CT molecular complexity index is 893. The molecule has 0 radical (unpaired) electrons. The van der Waals surface area contributed by atoms with Gasteiger partial charge in [0.2, 0.25) is 0 Å². The van der Waals surface area contributed by atoms with E-state index in [0.717, 1.165) is 43.4 Å². The van der Waals surface area contributed by atoms with Gasteiger partial charge < -0.3 is 29.7 Å². The average Bonchev–Trinajstić information content (AvgIpc) is 2.77. The summed E-state index contributed by atoms with van der Waals surface area (Å²) < 4.78 is 35.0. The monoisotopic (exact) mass is 562 g/mol. The molecule has 0 atom stereocenters. The maximum absolute atomic E-state index is 12.7. The Morgan fingerprint density at radius 1 is 1.12 bits per heavy atom. The highest BCUT2D eigenvalue weighted by Gasteiger charge is 2.21. The largest absolute Gasteiger partial charge is 0.506 e. The lowest BCUT2D eigenvalue weighted by atomic mass is 10.2. The van der Waals surface area contributed by atoms with Crippen LogP contribution in [0.5, 0.6) is 17.2 Å². The summed E-state index contributed by atoms with van der Waals surface area (Å²) in [5.74, 6) is 1.27. The van der Waals surface area contributed by atoms with Gasteiger partial charge in [0.1, 0.15) is 5.75 Å². The molecule has 0 bridgehead atoms. The fourth-order valence-corrected chi connectivity index (χ4v) is 3.49. The summed E-state index contributed by atoms with van der Waals surface area (Å²) in [4.78, 5) is 8.98. The number of anilines is 1. The molecule has 0 aliphatic carbocycles. The van der Waals surface area contributed by atoms with E-state index >= 15 is 0 Å². The maximum Gasteiger partial charge on any atom is 0.387 e. The van der Waals surface area contributed by atoms with Crippen molar-refractivity contribution in [2.24, 2.45) is 4.99 Å². The van der Waals surface area contributed by atoms with E-state index < -0.39 is 6.61 Å². The highest BCUT2D eigenvalue weighted by atomic mass is 127. The number of hydrogen-bond acceptors (Lipinski definition) is 5. The molecule has 1 aliphatic rings. The van der Waals surface area contributed by atoms with E-state index in [-0.39, 0.29) is 41.2 Å². The predicted octanol–water partition coefficient (Wildman–Crippen LogP) is 3.91. The Balaban J connectivity index is 0.00000363. The van der Waals surface area contributed by atoms with E-state index in [0.29, 0.717) is 13.1 Å². The average molecular weight is 562 g/mol. The first-order valence-corrected chi connectivity index (χ1v) is 10.2. The molecule has 2 aromatic carbocycles. The van der Waals surface area contributed by atoms with E-state index in [1.54, 1.807) is 18.2 Å².